The van der Waals surface area contributed by atoms with Gasteiger partial charge in [-0.3, -0.25) is 4.68 Å². The fourth-order valence-electron chi connectivity index (χ4n) is 7.90. The minimum absolute atomic E-state index is 0. The van der Waals surface area contributed by atoms with Gasteiger partial charge in [0.2, 0.25) is 0 Å². The van der Waals surface area contributed by atoms with E-state index in [2.05, 4.69) is 100 Å². The molecule has 4 aromatic carbocycles. The zero-order valence-corrected chi connectivity index (χ0v) is 30.9. The van der Waals surface area contributed by atoms with Crippen molar-refractivity contribution in [2.45, 2.75) is 52.9 Å². The summed E-state index contributed by atoms with van der Waals surface area (Å²) in [5, 5.41) is 7.07. The smallest absolute Gasteiger partial charge is 0.509 e. The number of aryl methyl sites for hydroxylation is 2. The molecule has 8 rings (SSSR count). The topological polar surface area (TPSA) is 44.9 Å². The van der Waals surface area contributed by atoms with Crippen LogP contribution in [0.5, 0.6) is 11.5 Å². The van der Waals surface area contributed by atoms with Crippen LogP contribution >= 0.6 is 0 Å². The van der Waals surface area contributed by atoms with Gasteiger partial charge in [0.1, 0.15) is 11.6 Å². The fourth-order valence-corrected chi connectivity index (χ4v) is 7.90. The maximum Gasteiger partial charge on any atom is 2.00 e. The van der Waals surface area contributed by atoms with Gasteiger partial charge in [-0.25, -0.2) is 9.37 Å². The van der Waals surface area contributed by atoms with E-state index in [1.807, 2.05) is 45.6 Å². The summed E-state index contributed by atoms with van der Waals surface area (Å²) in [6, 6.07) is 36.6. The van der Waals surface area contributed by atoms with Gasteiger partial charge in [-0.1, -0.05) is 79.5 Å². The van der Waals surface area contributed by atoms with Crippen LogP contribution in [0.4, 0.5) is 4.39 Å². The first-order valence-corrected chi connectivity index (χ1v) is 16.8. The number of nitrogens with zero attached hydrogens (tertiary/aromatic N) is 4. The molecule has 0 radical (unpaired) electrons. The number of allylic oxidation sites excluding steroid dienone is 2. The van der Waals surface area contributed by atoms with Gasteiger partial charge < -0.3 is 9.30 Å². The standard InChI is InChI=1S/C43H37FN4O.Pt/c1-26-19-34(48-30(5)43(29(4)46-48)42-27(2)21-32(22-28(42)3)31-11-7-6-8-12-31)24-36(20-26)49-35-15-16-38-37-13-9-10-14-39(37)47(40(38)25-35)41-23-33(44)17-18-45-41;/h6-21,23,28,32,42H,22H2,1-5H3;/q-2;+2/t28-,32-,42?;/m0./s1. The maximum atomic E-state index is 14.3. The SMILES string of the molecule is CC1=C[C@H](c2ccccc2)C[C@H](C)C1c1c(C)nn(-c2[c-]c(Oc3[c-]c4c(cc3)c3ccccc3n4-c3cc(F)ccn3)cc(C)c2)c1C.[Pt+2]. The van der Waals surface area contributed by atoms with Crippen molar-refractivity contribution in [1.29, 1.82) is 0 Å². The van der Waals surface area contributed by atoms with Gasteiger partial charge in [-0.15, -0.1) is 35.7 Å². The van der Waals surface area contributed by atoms with E-state index >= 15 is 0 Å². The first-order valence-electron chi connectivity index (χ1n) is 16.8. The molecule has 0 aliphatic heterocycles. The number of hydrogen-bond acceptors (Lipinski definition) is 3. The van der Waals surface area contributed by atoms with Gasteiger partial charge in [0.25, 0.3) is 0 Å². The van der Waals surface area contributed by atoms with E-state index in [1.165, 1.54) is 35.0 Å². The zero-order valence-electron chi connectivity index (χ0n) is 28.6. The Bertz CT molecular complexity index is 2390. The van der Waals surface area contributed by atoms with E-state index in [0.29, 0.717) is 35.1 Å². The maximum absolute atomic E-state index is 14.3. The number of rotatable bonds is 6. The number of hydrogen-bond donors (Lipinski definition) is 0. The molecule has 1 aliphatic rings. The number of para-hydroxylation sites is 1. The van der Waals surface area contributed by atoms with Gasteiger partial charge in [0.15, 0.2) is 0 Å². The number of ether oxygens (including phenoxy) is 1. The molecule has 0 saturated heterocycles. The average Bonchev–Trinajstić information content (AvgIpc) is 3.57. The van der Waals surface area contributed by atoms with Crippen LogP contribution in [0.3, 0.4) is 0 Å². The van der Waals surface area contributed by atoms with E-state index < -0.39 is 0 Å². The van der Waals surface area contributed by atoms with Gasteiger partial charge in [0, 0.05) is 52.4 Å². The molecule has 252 valence electrons. The van der Waals surface area contributed by atoms with Gasteiger partial charge in [-0.2, -0.15) is 16.7 Å². The summed E-state index contributed by atoms with van der Waals surface area (Å²) in [5.74, 6) is 2.42. The second-order valence-corrected chi connectivity index (χ2v) is 13.4. The Morgan fingerprint density at radius 3 is 2.40 bits per heavy atom. The predicted octanol–water partition coefficient (Wildman–Crippen LogP) is 10.7. The van der Waals surface area contributed by atoms with E-state index in [-0.39, 0.29) is 26.9 Å². The van der Waals surface area contributed by atoms with Crippen molar-refractivity contribution in [2.24, 2.45) is 5.92 Å². The summed E-state index contributed by atoms with van der Waals surface area (Å²) in [5.41, 5.74) is 9.76. The van der Waals surface area contributed by atoms with E-state index in [4.69, 9.17) is 9.84 Å². The molecular weight excluding hydrogens is 803 g/mol. The van der Waals surface area contributed by atoms with Crippen LogP contribution in [0.2, 0.25) is 0 Å². The molecule has 7 heteroatoms. The van der Waals surface area contributed by atoms with E-state index in [0.717, 1.165) is 50.9 Å². The fraction of sp³-hybridized carbons (Fsp3) is 0.209. The molecule has 3 aromatic heterocycles. The third-order valence-corrected chi connectivity index (χ3v) is 9.95. The van der Waals surface area contributed by atoms with Gasteiger partial charge in [-0.05, 0) is 61.9 Å². The van der Waals surface area contributed by atoms with Crippen LogP contribution in [-0.4, -0.2) is 19.3 Å². The predicted molar refractivity (Wildman–Crippen MR) is 194 cm³/mol. The summed E-state index contributed by atoms with van der Waals surface area (Å²) in [6.45, 7) is 11.0. The van der Waals surface area contributed by atoms with Crippen molar-refractivity contribution < 1.29 is 30.2 Å². The molecule has 3 heterocycles. The van der Waals surface area contributed by atoms with Gasteiger partial charge in [0.05, 0.1) is 5.69 Å². The molecule has 3 atom stereocenters. The minimum atomic E-state index is -0.349. The van der Waals surface area contributed by atoms with E-state index in [1.54, 1.807) is 0 Å². The Hall–Kier alpha value is -4.80. The molecule has 0 amide bonds. The van der Waals surface area contributed by atoms with Crippen molar-refractivity contribution in [1.82, 2.24) is 19.3 Å². The van der Waals surface area contributed by atoms with Crippen LogP contribution < -0.4 is 4.74 Å². The van der Waals surface area contributed by atoms with Crippen LogP contribution in [-0.2, 0) is 21.1 Å². The Balaban J connectivity index is 0.00000392. The number of aromatic nitrogens is 4. The van der Waals surface area contributed by atoms with Crippen molar-refractivity contribution in [3.8, 4) is 23.0 Å². The molecule has 1 aliphatic carbocycles. The zero-order chi connectivity index (χ0) is 33.8. The van der Waals surface area contributed by atoms with Crippen LogP contribution in [0, 0.1) is 44.6 Å². The average molecular weight is 840 g/mol. The number of halogens is 1. The third-order valence-electron chi connectivity index (χ3n) is 9.95. The number of benzene rings is 4. The third kappa shape index (κ3) is 6.00. The Kier molecular flexibility index (Phi) is 9.09. The molecule has 0 fully saturated rings. The Morgan fingerprint density at radius 1 is 0.840 bits per heavy atom. The molecule has 50 heavy (non-hydrogen) atoms. The second kappa shape index (κ2) is 13.5. The summed E-state index contributed by atoms with van der Waals surface area (Å²) >= 11 is 0. The van der Waals surface area contributed by atoms with Crippen LogP contribution in [0.15, 0.2) is 109 Å². The van der Waals surface area contributed by atoms with Crippen molar-refractivity contribution in [3.05, 3.63) is 155 Å². The summed E-state index contributed by atoms with van der Waals surface area (Å²) in [7, 11) is 0. The quantitative estimate of drug-likeness (QED) is 0.124. The molecular formula is C43H37FN4OPt. The Morgan fingerprint density at radius 2 is 1.62 bits per heavy atom. The largest absolute Gasteiger partial charge is 2.00 e. The molecule has 0 saturated carbocycles. The van der Waals surface area contributed by atoms with Crippen LogP contribution in [0.1, 0.15) is 60.2 Å². The van der Waals surface area contributed by atoms with Crippen molar-refractivity contribution in [2.75, 3.05) is 0 Å². The molecule has 7 aromatic rings. The van der Waals surface area contributed by atoms with E-state index in [9.17, 15) is 4.39 Å². The normalized spacial score (nSPS) is 17.5. The first kappa shape index (κ1) is 33.7. The number of pyridine rings is 1. The van der Waals surface area contributed by atoms with Gasteiger partial charge >= 0.3 is 21.1 Å². The summed E-state index contributed by atoms with van der Waals surface area (Å²) in [6.07, 6.45) is 5.03. The summed E-state index contributed by atoms with van der Waals surface area (Å²) in [4.78, 5) is 4.47. The Labute approximate surface area is 306 Å². The molecule has 0 N–H and O–H groups in total. The van der Waals surface area contributed by atoms with Crippen LogP contribution in [0.25, 0.3) is 33.3 Å². The minimum Gasteiger partial charge on any atom is -0.509 e. The van der Waals surface area contributed by atoms with Crippen molar-refractivity contribution in [3.63, 3.8) is 0 Å². The molecule has 5 nitrogen and oxygen atoms in total. The monoisotopic (exact) mass is 839 g/mol. The number of fused-ring (bicyclic) bond motifs is 3. The second-order valence-electron chi connectivity index (χ2n) is 13.4. The molecule has 0 bridgehead atoms. The molecule has 0 spiro atoms. The summed E-state index contributed by atoms with van der Waals surface area (Å²) < 4.78 is 24.7. The first-order chi connectivity index (χ1) is 23.7. The van der Waals surface area contributed by atoms with Crippen molar-refractivity contribution >= 4 is 21.8 Å². The molecule has 1 unspecified atom stereocenters.